The van der Waals surface area contributed by atoms with Gasteiger partial charge in [-0.3, -0.25) is 0 Å². The molecule has 1 aromatic carbocycles. The molecule has 0 spiro atoms. The van der Waals surface area contributed by atoms with Crippen molar-refractivity contribution in [3.8, 4) is 0 Å². The highest BCUT2D eigenvalue weighted by molar-refractivity contribution is 9.10. The summed E-state index contributed by atoms with van der Waals surface area (Å²) in [6.45, 7) is -0.166. The molecule has 0 saturated heterocycles. The third-order valence-electron chi connectivity index (χ3n) is 1.80. The van der Waals surface area contributed by atoms with Crippen LogP contribution in [0.15, 0.2) is 21.5 Å². The summed E-state index contributed by atoms with van der Waals surface area (Å²) in [5, 5.41) is 13.9. The second-order valence-corrected chi connectivity index (χ2v) is 5.60. The molecule has 84 valence electrons. The normalized spacial score (nSPS) is 11.7. The van der Waals surface area contributed by atoms with Crippen LogP contribution < -0.4 is 5.14 Å². The van der Waals surface area contributed by atoms with Crippen LogP contribution in [0.5, 0.6) is 0 Å². The van der Waals surface area contributed by atoms with E-state index in [1.807, 2.05) is 0 Å². The molecule has 0 saturated carbocycles. The number of benzene rings is 1. The number of hydrogen-bond acceptors (Lipinski definition) is 3. The predicted octanol–water partition coefficient (Wildman–Crippen LogP) is 1.28. The molecule has 0 fully saturated rings. The fourth-order valence-corrected chi connectivity index (χ4v) is 3.06. The average Bonchev–Trinajstić information content (AvgIpc) is 2.10. The van der Waals surface area contributed by atoms with Gasteiger partial charge in [0.1, 0.15) is 4.90 Å². The molecular weight excluding hydrogens is 306 g/mol. The zero-order valence-corrected chi connectivity index (χ0v) is 10.7. The first-order valence-electron chi connectivity index (χ1n) is 3.98. The molecular formula is C8H9BrClNO3S. The number of rotatable bonds is 3. The summed E-state index contributed by atoms with van der Waals surface area (Å²) in [5.41, 5.74) is 0.410. The Morgan fingerprint density at radius 1 is 1.47 bits per heavy atom. The van der Waals surface area contributed by atoms with Crippen molar-refractivity contribution in [3.63, 3.8) is 0 Å². The monoisotopic (exact) mass is 313 g/mol. The average molecular weight is 315 g/mol. The Morgan fingerprint density at radius 2 is 2.07 bits per heavy atom. The van der Waals surface area contributed by atoms with Gasteiger partial charge >= 0.3 is 0 Å². The molecule has 0 atom stereocenters. The van der Waals surface area contributed by atoms with E-state index < -0.39 is 10.0 Å². The predicted molar refractivity (Wildman–Crippen MR) is 61.3 cm³/mol. The summed E-state index contributed by atoms with van der Waals surface area (Å²) >= 11 is 8.94. The topological polar surface area (TPSA) is 80.4 Å². The fraction of sp³-hybridized carbons (Fsp3) is 0.250. The quantitative estimate of drug-likeness (QED) is 0.882. The zero-order chi connectivity index (χ0) is 11.6. The van der Waals surface area contributed by atoms with Crippen LogP contribution in [0.3, 0.4) is 0 Å². The van der Waals surface area contributed by atoms with Gasteiger partial charge in [-0.2, -0.15) is 0 Å². The van der Waals surface area contributed by atoms with Crippen molar-refractivity contribution in [2.24, 2.45) is 5.14 Å². The number of primary sulfonamides is 1. The van der Waals surface area contributed by atoms with Crippen molar-refractivity contribution >= 4 is 37.6 Å². The molecule has 15 heavy (non-hydrogen) atoms. The molecule has 0 aliphatic heterocycles. The van der Waals surface area contributed by atoms with E-state index in [-0.39, 0.29) is 22.9 Å². The van der Waals surface area contributed by atoms with Crippen molar-refractivity contribution in [1.82, 2.24) is 0 Å². The van der Waals surface area contributed by atoms with Crippen LogP contribution in [0.1, 0.15) is 5.56 Å². The number of sulfonamides is 1. The Morgan fingerprint density at radius 3 is 2.53 bits per heavy atom. The number of nitrogens with two attached hydrogens (primary N) is 1. The maximum Gasteiger partial charge on any atom is 0.239 e. The van der Waals surface area contributed by atoms with E-state index in [2.05, 4.69) is 15.9 Å². The lowest BCUT2D eigenvalue weighted by Gasteiger charge is -2.09. The summed E-state index contributed by atoms with van der Waals surface area (Å²) < 4.78 is 23.0. The van der Waals surface area contributed by atoms with E-state index in [4.69, 9.17) is 21.8 Å². The van der Waals surface area contributed by atoms with Gasteiger partial charge in [0.05, 0.1) is 5.02 Å². The molecule has 0 aromatic heterocycles. The number of aliphatic hydroxyl groups excluding tert-OH is 1. The summed E-state index contributed by atoms with van der Waals surface area (Å²) in [6.07, 6.45) is 0.193. The van der Waals surface area contributed by atoms with Gasteiger partial charge in [-0.1, -0.05) is 17.7 Å². The first-order chi connectivity index (χ1) is 6.88. The van der Waals surface area contributed by atoms with E-state index in [0.29, 0.717) is 10.0 Å². The first-order valence-corrected chi connectivity index (χ1v) is 6.70. The van der Waals surface area contributed by atoms with E-state index in [1.165, 1.54) is 0 Å². The Labute approximate surface area is 101 Å². The van der Waals surface area contributed by atoms with Gasteiger partial charge in [0.25, 0.3) is 0 Å². The van der Waals surface area contributed by atoms with Gasteiger partial charge in [-0.25, -0.2) is 13.6 Å². The highest BCUT2D eigenvalue weighted by Crippen LogP contribution is 2.31. The SMILES string of the molecule is NS(=O)(=O)c1c(CCO)ccc(Br)c1Cl. The molecule has 0 aliphatic carbocycles. The van der Waals surface area contributed by atoms with Crippen LogP contribution in [0.25, 0.3) is 0 Å². The molecule has 1 rings (SSSR count). The van der Waals surface area contributed by atoms with Crippen molar-refractivity contribution in [2.45, 2.75) is 11.3 Å². The van der Waals surface area contributed by atoms with Crippen molar-refractivity contribution in [2.75, 3.05) is 6.61 Å². The summed E-state index contributed by atoms with van der Waals surface area (Å²) in [6, 6.07) is 3.17. The van der Waals surface area contributed by atoms with Crippen LogP contribution in [-0.4, -0.2) is 20.1 Å². The summed E-state index contributed by atoms with van der Waals surface area (Å²) in [7, 11) is -3.88. The molecule has 3 N–H and O–H groups in total. The lowest BCUT2D eigenvalue weighted by Crippen LogP contribution is -2.16. The van der Waals surface area contributed by atoms with Gasteiger partial charge < -0.3 is 5.11 Å². The van der Waals surface area contributed by atoms with Gasteiger partial charge in [0.15, 0.2) is 0 Å². The second kappa shape index (κ2) is 4.80. The summed E-state index contributed by atoms with van der Waals surface area (Å²) in [5.74, 6) is 0. The minimum atomic E-state index is -3.88. The van der Waals surface area contributed by atoms with E-state index in [1.54, 1.807) is 12.1 Å². The van der Waals surface area contributed by atoms with Gasteiger partial charge in [-0.15, -0.1) is 0 Å². The largest absolute Gasteiger partial charge is 0.396 e. The minimum Gasteiger partial charge on any atom is -0.396 e. The third kappa shape index (κ3) is 2.92. The third-order valence-corrected chi connectivity index (χ3v) is 4.23. The molecule has 0 heterocycles. The molecule has 0 amide bonds. The number of hydrogen-bond donors (Lipinski definition) is 2. The zero-order valence-electron chi connectivity index (χ0n) is 7.57. The number of halogens is 2. The fourth-order valence-electron chi connectivity index (χ4n) is 1.20. The molecule has 0 unspecified atom stereocenters. The van der Waals surface area contributed by atoms with E-state index in [0.717, 1.165) is 0 Å². The van der Waals surface area contributed by atoms with Crippen molar-refractivity contribution in [1.29, 1.82) is 0 Å². The molecule has 7 heteroatoms. The molecule has 4 nitrogen and oxygen atoms in total. The van der Waals surface area contributed by atoms with E-state index >= 15 is 0 Å². The molecule has 0 aliphatic rings. The maximum absolute atomic E-state index is 11.3. The highest BCUT2D eigenvalue weighted by Gasteiger charge is 2.19. The Kier molecular flexibility index (Phi) is 4.13. The highest BCUT2D eigenvalue weighted by atomic mass is 79.9. The minimum absolute atomic E-state index is 0.0449. The van der Waals surface area contributed by atoms with Gasteiger partial charge in [0.2, 0.25) is 10.0 Å². The summed E-state index contributed by atoms with van der Waals surface area (Å²) in [4.78, 5) is -0.132. The Hall–Kier alpha value is -0.140. The molecule has 0 radical (unpaired) electrons. The smallest absolute Gasteiger partial charge is 0.239 e. The lowest BCUT2D eigenvalue weighted by atomic mass is 10.2. The van der Waals surface area contributed by atoms with Crippen molar-refractivity contribution in [3.05, 3.63) is 27.2 Å². The van der Waals surface area contributed by atoms with Gasteiger partial charge in [0, 0.05) is 11.1 Å². The van der Waals surface area contributed by atoms with Crippen LogP contribution in [0.4, 0.5) is 0 Å². The van der Waals surface area contributed by atoms with Gasteiger partial charge in [-0.05, 0) is 34.0 Å². The van der Waals surface area contributed by atoms with Crippen molar-refractivity contribution < 1.29 is 13.5 Å². The lowest BCUT2D eigenvalue weighted by molar-refractivity contribution is 0.298. The number of aliphatic hydroxyl groups is 1. The van der Waals surface area contributed by atoms with Crippen LogP contribution in [-0.2, 0) is 16.4 Å². The van der Waals surface area contributed by atoms with E-state index in [9.17, 15) is 8.42 Å². The maximum atomic E-state index is 11.3. The Bertz CT molecular complexity index is 475. The first kappa shape index (κ1) is 12.9. The van der Waals surface area contributed by atoms with Crippen LogP contribution in [0.2, 0.25) is 5.02 Å². The second-order valence-electron chi connectivity index (χ2n) is 2.87. The van der Waals surface area contributed by atoms with Crippen LogP contribution in [0, 0.1) is 0 Å². The van der Waals surface area contributed by atoms with Crippen LogP contribution >= 0.6 is 27.5 Å². The molecule has 0 bridgehead atoms. The Balaban J connectivity index is 3.49. The standard InChI is InChI=1S/C8H9BrClNO3S/c9-6-2-1-5(3-4-12)8(7(6)10)15(11,13)14/h1-2,12H,3-4H2,(H2,11,13,14). The molecule has 1 aromatic rings.